The van der Waals surface area contributed by atoms with Gasteiger partial charge in [-0.15, -0.1) is 0 Å². The minimum absolute atomic E-state index is 0.247. The van der Waals surface area contributed by atoms with Crippen molar-refractivity contribution < 1.29 is 23.9 Å². The third-order valence-corrected chi connectivity index (χ3v) is 4.65. The molecule has 1 fully saturated rings. The minimum Gasteiger partial charge on any atom is -0.493 e. The average Bonchev–Trinajstić information content (AvgIpc) is 2.68. The lowest BCUT2D eigenvalue weighted by atomic mass is 10.1. The molecule has 0 unspecified atom stereocenters. The minimum atomic E-state index is -0.852. The molecule has 29 heavy (non-hydrogen) atoms. The summed E-state index contributed by atoms with van der Waals surface area (Å²) < 4.78 is 10.7. The van der Waals surface area contributed by atoms with Gasteiger partial charge in [0.15, 0.2) is 11.5 Å². The molecule has 4 amide bonds. The van der Waals surface area contributed by atoms with Gasteiger partial charge in [0.1, 0.15) is 5.57 Å². The van der Waals surface area contributed by atoms with Gasteiger partial charge in [0.2, 0.25) is 0 Å². The van der Waals surface area contributed by atoms with E-state index in [-0.39, 0.29) is 16.3 Å². The monoisotopic (exact) mass is 434 g/mol. The van der Waals surface area contributed by atoms with Crippen LogP contribution in [0.5, 0.6) is 11.5 Å². The number of barbiturate groups is 1. The first-order valence-electron chi connectivity index (χ1n) is 8.53. The van der Waals surface area contributed by atoms with Crippen LogP contribution in [-0.4, -0.2) is 31.6 Å². The summed E-state index contributed by atoms with van der Waals surface area (Å²) in [5.41, 5.74) is 0.370. The predicted octanol–water partition coefficient (Wildman–Crippen LogP) is 4.07. The number of anilines is 1. The Morgan fingerprint density at radius 1 is 1.07 bits per heavy atom. The number of amides is 4. The normalized spacial score (nSPS) is 15.5. The molecule has 9 heteroatoms. The highest BCUT2D eigenvalue weighted by Crippen LogP contribution is 2.35. The fraction of sp³-hybridized carbons (Fsp3) is 0.150. The fourth-order valence-electron chi connectivity index (χ4n) is 2.73. The Hall–Kier alpha value is -3.03. The maximum atomic E-state index is 12.9. The van der Waals surface area contributed by atoms with Crippen LogP contribution in [0, 0.1) is 0 Å². The average molecular weight is 435 g/mol. The Morgan fingerprint density at radius 2 is 1.76 bits per heavy atom. The van der Waals surface area contributed by atoms with Gasteiger partial charge in [-0.05, 0) is 48.9 Å². The van der Waals surface area contributed by atoms with Gasteiger partial charge in [-0.25, -0.2) is 9.69 Å². The van der Waals surface area contributed by atoms with Crippen LogP contribution >= 0.6 is 23.2 Å². The summed E-state index contributed by atoms with van der Waals surface area (Å²) in [6, 6.07) is 8.29. The summed E-state index contributed by atoms with van der Waals surface area (Å²) in [4.78, 5) is 38.3. The second-order valence-electron chi connectivity index (χ2n) is 5.89. The summed E-state index contributed by atoms with van der Waals surface area (Å²) in [5.74, 6) is -0.795. The highest BCUT2D eigenvalue weighted by Gasteiger charge is 2.37. The van der Waals surface area contributed by atoms with Gasteiger partial charge in [0.05, 0.1) is 24.4 Å². The molecule has 0 atom stereocenters. The number of rotatable bonds is 5. The van der Waals surface area contributed by atoms with Crippen molar-refractivity contribution in [2.75, 3.05) is 18.6 Å². The zero-order chi connectivity index (χ0) is 21.1. The van der Waals surface area contributed by atoms with Crippen LogP contribution in [-0.2, 0) is 9.59 Å². The summed E-state index contributed by atoms with van der Waals surface area (Å²) in [5, 5.41) is 2.84. The summed E-state index contributed by atoms with van der Waals surface area (Å²) >= 11 is 12.1. The molecule has 2 aromatic rings. The Kier molecular flexibility index (Phi) is 6.10. The molecule has 1 aliphatic heterocycles. The lowest BCUT2D eigenvalue weighted by Crippen LogP contribution is -2.54. The Bertz CT molecular complexity index is 1020. The molecule has 0 spiro atoms. The molecular weight excluding hydrogens is 419 g/mol. The van der Waals surface area contributed by atoms with Crippen LogP contribution < -0.4 is 19.7 Å². The van der Waals surface area contributed by atoms with Crippen molar-refractivity contribution in [2.45, 2.75) is 6.92 Å². The summed E-state index contributed by atoms with van der Waals surface area (Å²) in [6.45, 7) is 2.23. The standard InChI is InChI=1S/C20H16Cl2N2O5/c1-3-29-17-10-15(22)11(9-16(17)28-2)8-14-18(25)23-20(27)24(19(14)26)13-6-4-12(21)5-7-13/h4-10H,3H2,1-2H3,(H,23,25,27)/b14-8+. The van der Waals surface area contributed by atoms with Gasteiger partial charge >= 0.3 is 6.03 Å². The smallest absolute Gasteiger partial charge is 0.335 e. The lowest BCUT2D eigenvalue weighted by molar-refractivity contribution is -0.122. The number of carbonyl (C=O) groups excluding carboxylic acids is 3. The number of nitrogens with one attached hydrogen (secondary N) is 1. The summed E-state index contributed by atoms with van der Waals surface area (Å²) in [7, 11) is 1.46. The fourth-order valence-corrected chi connectivity index (χ4v) is 3.06. The van der Waals surface area contributed by atoms with Crippen LogP contribution in [0.2, 0.25) is 10.0 Å². The highest BCUT2D eigenvalue weighted by molar-refractivity contribution is 6.40. The van der Waals surface area contributed by atoms with Gasteiger partial charge < -0.3 is 9.47 Å². The number of ether oxygens (including phenoxy) is 2. The van der Waals surface area contributed by atoms with Crippen molar-refractivity contribution >= 4 is 52.8 Å². The Labute approximate surface area is 176 Å². The SMILES string of the molecule is CCOc1cc(Cl)c(/C=C2\C(=O)NC(=O)N(c3ccc(Cl)cc3)C2=O)cc1OC. The van der Waals surface area contributed by atoms with E-state index in [1.165, 1.54) is 43.5 Å². The van der Waals surface area contributed by atoms with Crippen LogP contribution in [0.1, 0.15) is 12.5 Å². The van der Waals surface area contributed by atoms with E-state index in [1.54, 1.807) is 6.07 Å². The largest absolute Gasteiger partial charge is 0.493 e. The van der Waals surface area contributed by atoms with Crippen molar-refractivity contribution in [2.24, 2.45) is 0 Å². The van der Waals surface area contributed by atoms with Crippen LogP contribution in [0.15, 0.2) is 42.0 Å². The first kappa shape index (κ1) is 20.7. The topological polar surface area (TPSA) is 84.9 Å². The quantitative estimate of drug-likeness (QED) is 0.566. The van der Waals surface area contributed by atoms with Crippen LogP contribution in [0.3, 0.4) is 0 Å². The second-order valence-corrected chi connectivity index (χ2v) is 6.74. The number of nitrogens with zero attached hydrogens (tertiary/aromatic N) is 1. The van der Waals surface area contributed by atoms with Crippen molar-refractivity contribution in [3.63, 3.8) is 0 Å². The molecule has 0 saturated carbocycles. The van der Waals surface area contributed by atoms with E-state index >= 15 is 0 Å². The molecule has 0 radical (unpaired) electrons. The third kappa shape index (κ3) is 4.21. The third-order valence-electron chi connectivity index (χ3n) is 4.07. The van der Waals surface area contributed by atoms with Crippen molar-refractivity contribution in [1.82, 2.24) is 5.32 Å². The molecule has 1 N–H and O–H groups in total. The van der Waals surface area contributed by atoms with E-state index in [9.17, 15) is 14.4 Å². The maximum Gasteiger partial charge on any atom is 0.335 e. The second kappa shape index (κ2) is 8.55. The van der Waals surface area contributed by atoms with Gasteiger partial charge in [0.25, 0.3) is 11.8 Å². The van der Waals surface area contributed by atoms with E-state index in [0.29, 0.717) is 28.7 Å². The maximum absolute atomic E-state index is 12.9. The first-order chi connectivity index (χ1) is 13.8. The number of methoxy groups -OCH3 is 1. The van der Waals surface area contributed by atoms with Gasteiger partial charge in [0, 0.05) is 11.1 Å². The van der Waals surface area contributed by atoms with Crippen LogP contribution in [0.4, 0.5) is 10.5 Å². The molecule has 1 aliphatic rings. The molecular formula is C20H16Cl2N2O5. The number of imide groups is 2. The lowest BCUT2D eigenvalue weighted by Gasteiger charge is -2.26. The Morgan fingerprint density at radius 3 is 2.38 bits per heavy atom. The van der Waals surface area contributed by atoms with E-state index in [0.717, 1.165) is 4.90 Å². The van der Waals surface area contributed by atoms with E-state index in [1.807, 2.05) is 6.92 Å². The predicted molar refractivity (Wildman–Crippen MR) is 110 cm³/mol. The number of benzene rings is 2. The first-order valence-corrected chi connectivity index (χ1v) is 9.28. The molecule has 2 aromatic carbocycles. The Balaban J connectivity index is 2.03. The zero-order valence-electron chi connectivity index (χ0n) is 15.5. The molecule has 0 aliphatic carbocycles. The number of hydrogen-bond acceptors (Lipinski definition) is 5. The molecule has 150 valence electrons. The molecule has 1 saturated heterocycles. The van der Waals surface area contributed by atoms with Crippen molar-refractivity contribution in [3.8, 4) is 11.5 Å². The number of halogens is 2. The number of urea groups is 1. The van der Waals surface area contributed by atoms with Crippen molar-refractivity contribution in [3.05, 3.63) is 57.6 Å². The molecule has 1 heterocycles. The van der Waals surface area contributed by atoms with E-state index in [2.05, 4.69) is 5.32 Å². The van der Waals surface area contributed by atoms with Gasteiger partial charge in [-0.1, -0.05) is 23.2 Å². The van der Waals surface area contributed by atoms with Gasteiger partial charge in [-0.3, -0.25) is 14.9 Å². The number of hydrogen-bond donors (Lipinski definition) is 1. The van der Waals surface area contributed by atoms with Gasteiger partial charge in [-0.2, -0.15) is 0 Å². The van der Waals surface area contributed by atoms with E-state index in [4.69, 9.17) is 32.7 Å². The highest BCUT2D eigenvalue weighted by atomic mass is 35.5. The molecule has 0 aromatic heterocycles. The zero-order valence-corrected chi connectivity index (χ0v) is 17.0. The summed E-state index contributed by atoms with van der Waals surface area (Å²) in [6.07, 6.45) is 1.30. The number of carbonyl (C=O) groups is 3. The van der Waals surface area contributed by atoms with Crippen LogP contribution in [0.25, 0.3) is 6.08 Å². The molecule has 3 rings (SSSR count). The van der Waals surface area contributed by atoms with E-state index < -0.39 is 17.8 Å². The van der Waals surface area contributed by atoms with Crippen molar-refractivity contribution in [1.29, 1.82) is 0 Å². The molecule has 0 bridgehead atoms. The molecule has 7 nitrogen and oxygen atoms in total.